The van der Waals surface area contributed by atoms with Crippen LogP contribution in [0.25, 0.3) is 5.69 Å². The van der Waals surface area contributed by atoms with E-state index in [1.165, 1.54) is 11.4 Å². The molecule has 3 aromatic rings. The molecule has 0 saturated carbocycles. The lowest BCUT2D eigenvalue weighted by Gasteiger charge is -2.37. The number of hydrogen-bond acceptors (Lipinski definition) is 5. The Morgan fingerprint density at radius 2 is 1.40 bits per heavy atom. The van der Waals surface area contributed by atoms with Gasteiger partial charge in [-0.25, -0.2) is 14.0 Å². The Labute approximate surface area is 177 Å². The summed E-state index contributed by atoms with van der Waals surface area (Å²) in [5, 5.41) is 4.27. The summed E-state index contributed by atoms with van der Waals surface area (Å²) in [7, 11) is 1.69. The van der Waals surface area contributed by atoms with Gasteiger partial charge in [0.15, 0.2) is 0 Å². The summed E-state index contributed by atoms with van der Waals surface area (Å²) in [6.07, 6.45) is 2.48. The number of piperazine rings is 1. The highest BCUT2D eigenvalue weighted by molar-refractivity contribution is 5.54. The first-order valence-corrected chi connectivity index (χ1v) is 10.5. The molecule has 2 heterocycles. The fourth-order valence-corrected chi connectivity index (χ4v) is 3.81. The predicted molar refractivity (Wildman–Crippen MR) is 120 cm³/mol. The maximum atomic E-state index is 12.6. The molecular formula is C23H29N5O2. The highest BCUT2D eigenvalue weighted by Crippen LogP contribution is 2.23. The van der Waals surface area contributed by atoms with Crippen LogP contribution in [-0.4, -0.2) is 47.6 Å². The van der Waals surface area contributed by atoms with Crippen molar-refractivity contribution in [1.29, 1.82) is 0 Å². The highest BCUT2D eigenvalue weighted by Gasteiger charge is 2.18. The normalized spacial score (nSPS) is 15.3. The molecule has 0 aliphatic carbocycles. The molecule has 0 N–H and O–H groups in total. The first kappa shape index (κ1) is 20.1. The molecule has 1 aromatic heterocycles. The van der Waals surface area contributed by atoms with E-state index in [-0.39, 0.29) is 11.7 Å². The Morgan fingerprint density at radius 1 is 0.900 bits per heavy atom. The molecule has 0 spiro atoms. The molecule has 1 fully saturated rings. The second-order valence-electron chi connectivity index (χ2n) is 7.67. The number of methoxy groups -OCH3 is 1. The van der Waals surface area contributed by atoms with Gasteiger partial charge >= 0.3 is 5.69 Å². The molecule has 4 rings (SSSR count). The third kappa shape index (κ3) is 3.92. The van der Waals surface area contributed by atoms with Crippen molar-refractivity contribution >= 4 is 11.4 Å². The number of rotatable bonds is 6. The maximum absolute atomic E-state index is 12.6. The van der Waals surface area contributed by atoms with Crippen LogP contribution in [-0.2, 0) is 0 Å². The van der Waals surface area contributed by atoms with E-state index < -0.39 is 0 Å². The Hall–Kier alpha value is -3.22. The van der Waals surface area contributed by atoms with Gasteiger partial charge in [-0.05, 0) is 61.9 Å². The largest absolute Gasteiger partial charge is 0.497 e. The van der Waals surface area contributed by atoms with Crippen molar-refractivity contribution in [3.8, 4) is 11.4 Å². The van der Waals surface area contributed by atoms with Gasteiger partial charge in [0.25, 0.3) is 0 Å². The zero-order chi connectivity index (χ0) is 21.1. The fraction of sp³-hybridized carbons (Fsp3) is 0.391. The van der Waals surface area contributed by atoms with Crippen molar-refractivity contribution in [1.82, 2.24) is 14.3 Å². The van der Waals surface area contributed by atoms with Gasteiger partial charge in [-0.1, -0.05) is 6.92 Å². The van der Waals surface area contributed by atoms with Crippen LogP contribution in [0.3, 0.4) is 0 Å². The average molecular weight is 408 g/mol. The minimum absolute atomic E-state index is 0.0924. The first-order valence-electron chi connectivity index (χ1n) is 10.5. The van der Waals surface area contributed by atoms with Gasteiger partial charge in [-0.3, -0.25) is 0 Å². The molecule has 30 heavy (non-hydrogen) atoms. The number of nitrogens with zero attached hydrogens (tertiary/aromatic N) is 5. The van der Waals surface area contributed by atoms with Gasteiger partial charge in [0, 0.05) is 37.6 Å². The summed E-state index contributed by atoms with van der Waals surface area (Å²) in [6.45, 7) is 7.91. The summed E-state index contributed by atoms with van der Waals surface area (Å²) in [6, 6.07) is 16.5. The van der Waals surface area contributed by atoms with Crippen molar-refractivity contribution in [3.05, 3.63) is 65.3 Å². The minimum Gasteiger partial charge on any atom is -0.497 e. The van der Waals surface area contributed by atoms with Crippen LogP contribution in [0.5, 0.6) is 5.75 Å². The predicted octanol–water partition coefficient (Wildman–Crippen LogP) is 3.34. The summed E-state index contributed by atoms with van der Waals surface area (Å²) < 4.78 is 8.40. The minimum atomic E-state index is -0.0924. The molecule has 2 aromatic carbocycles. The third-order valence-electron chi connectivity index (χ3n) is 5.91. The monoisotopic (exact) mass is 407 g/mol. The van der Waals surface area contributed by atoms with Crippen molar-refractivity contribution in [2.24, 2.45) is 0 Å². The molecule has 0 bridgehead atoms. The molecule has 7 nitrogen and oxygen atoms in total. The lowest BCUT2D eigenvalue weighted by molar-refractivity contribution is 0.415. The van der Waals surface area contributed by atoms with Crippen LogP contribution in [0.2, 0.25) is 0 Å². The Morgan fingerprint density at radius 3 is 1.90 bits per heavy atom. The van der Waals surface area contributed by atoms with Gasteiger partial charge < -0.3 is 14.5 Å². The van der Waals surface area contributed by atoms with Crippen LogP contribution >= 0.6 is 0 Å². The van der Waals surface area contributed by atoms with Crippen molar-refractivity contribution < 1.29 is 4.74 Å². The summed E-state index contributed by atoms with van der Waals surface area (Å²) in [4.78, 5) is 17.4. The topological polar surface area (TPSA) is 55.5 Å². The summed E-state index contributed by atoms with van der Waals surface area (Å²) >= 11 is 0. The molecule has 0 unspecified atom stereocenters. The van der Waals surface area contributed by atoms with Gasteiger partial charge in [-0.2, -0.15) is 5.10 Å². The fourth-order valence-electron chi connectivity index (χ4n) is 3.81. The van der Waals surface area contributed by atoms with Crippen molar-refractivity contribution in [3.63, 3.8) is 0 Å². The number of hydrogen-bond donors (Lipinski definition) is 0. The van der Waals surface area contributed by atoms with E-state index in [1.54, 1.807) is 22.7 Å². The molecule has 1 saturated heterocycles. The molecule has 0 radical (unpaired) electrons. The molecule has 1 aliphatic heterocycles. The van der Waals surface area contributed by atoms with Crippen LogP contribution in [0.1, 0.15) is 26.3 Å². The molecule has 158 valence electrons. The second kappa shape index (κ2) is 8.65. The van der Waals surface area contributed by atoms with Crippen LogP contribution in [0, 0.1) is 0 Å². The van der Waals surface area contributed by atoms with Crippen LogP contribution < -0.4 is 20.2 Å². The van der Waals surface area contributed by atoms with Crippen molar-refractivity contribution in [2.75, 3.05) is 43.1 Å². The first-order chi connectivity index (χ1) is 14.6. The molecule has 1 aliphatic rings. The molecule has 0 amide bonds. The number of ether oxygens (including phenoxy) is 1. The maximum Gasteiger partial charge on any atom is 0.350 e. The SMILES string of the molecule is CC[C@H](C)n1ncn(-c2ccc(N3CCN(c4ccc(OC)cc4)CC3)cc2)c1=O. The van der Waals surface area contributed by atoms with E-state index >= 15 is 0 Å². The zero-order valence-electron chi connectivity index (χ0n) is 17.9. The molecule has 7 heteroatoms. The lowest BCUT2D eigenvalue weighted by atomic mass is 10.2. The second-order valence-corrected chi connectivity index (χ2v) is 7.67. The smallest absolute Gasteiger partial charge is 0.350 e. The van der Waals surface area contributed by atoms with E-state index in [2.05, 4.69) is 46.1 Å². The van der Waals surface area contributed by atoms with Gasteiger partial charge in [0.05, 0.1) is 18.8 Å². The van der Waals surface area contributed by atoms with Gasteiger partial charge in [0.2, 0.25) is 0 Å². The van der Waals surface area contributed by atoms with E-state index in [0.29, 0.717) is 0 Å². The third-order valence-corrected chi connectivity index (χ3v) is 5.91. The molecular weight excluding hydrogens is 378 g/mol. The van der Waals surface area contributed by atoms with Gasteiger partial charge in [-0.15, -0.1) is 0 Å². The Kier molecular flexibility index (Phi) is 5.79. The van der Waals surface area contributed by atoms with E-state index in [0.717, 1.165) is 44.0 Å². The van der Waals surface area contributed by atoms with Crippen LogP contribution in [0.15, 0.2) is 59.7 Å². The van der Waals surface area contributed by atoms with Gasteiger partial charge in [0.1, 0.15) is 12.1 Å². The summed E-state index contributed by atoms with van der Waals surface area (Å²) in [5.41, 5.74) is 3.15. The quantitative estimate of drug-likeness (QED) is 0.627. The average Bonchev–Trinajstić information content (AvgIpc) is 3.20. The lowest BCUT2D eigenvalue weighted by Crippen LogP contribution is -2.46. The number of aromatic nitrogens is 3. The highest BCUT2D eigenvalue weighted by atomic mass is 16.5. The van der Waals surface area contributed by atoms with E-state index in [4.69, 9.17) is 4.74 Å². The summed E-state index contributed by atoms with van der Waals surface area (Å²) in [5.74, 6) is 0.881. The molecule has 1 atom stereocenters. The Bertz CT molecular complexity index is 1010. The van der Waals surface area contributed by atoms with Crippen LogP contribution in [0.4, 0.5) is 11.4 Å². The number of anilines is 2. The van der Waals surface area contributed by atoms with Crippen molar-refractivity contribution in [2.45, 2.75) is 26.3 Å². The zero-order valence-corrected chi connectivity index (χ0v) is 17.9. The Balaban J connectivity index is 1.42. The standard InChI is InChI=1S/C23H29N5O2/c1-4-18(2)28-23(29)27(17-24-28)21-7-5-19(6-8-21)25-13-15-26(16-14-25)20-9-11-22(30-3)12-10-20/h5-12,17-18H,4,13-16H2,1-3H3/t18-/m0/s1. The van der Waals surface area contributed by atoms with E-state index in [9.17, 15) is 4.79 Å². The van der Waals surface area contributed by atoms with E-state index in [1.807, 2.05) is 31.2 Å². The number of benzene rings is 2.